The van der Waals surface area contributed by atoms with Crippen molar-refractivity contribution in [2.75, 3.05) is 25.5 Å². The number of amides is 1. The molecule has 3 heterocycles. The first-order valence-corrected chi connectivity index (χ1v) is 11.5. The van der Waals surface area contributed by atoms with Gasteiger partial charge in [-0.3, -0.25) is 14.5 Å². The lowest BCUT2D eigenvalue weighted by atomic mass is 9.57. The Bertz CT molecular complexity index is 1340. The summed E-state index contributed by atoms with van der Waals surface area (Å²) in [5.74, 6) is -0.206. The standard InChI is InChI=1S/C26H20Cl2N2O3/c1-30-13-19(16-11-10-15(27)12-20(16)28)25(14-33-22-9-5-2-6-17(22)23(25)31)26(30)18-7-3-4-8-21(18)29-24(26)32/h2-12,19H,13-14H2,1H3,(H,29,32)/t19-,25-,26-/m1/s1. The van der Waals surface area contributed by atoms with Crippen LogP contribution >= 0.6 is 23.2 Å². The van der Waals surface area contributed by atoms with Crippen LogP contribution in [0.5, 0.6) is 5.75 Å². The molecule has 0 bridgehead atoms. The molecule has 1 amide bonds. The molecular weight excluding hydrogens is 459 g/mol. The lowest BCUT2D eigenvalue weighted by Crippen LogP contribution is -2.62. The zero-order valence-electron chi connectivity index (χ0n) is 17.8. The number of Topliss-reactive ketones (excluding diaryl/α,β-unsaturated/α-hetero) is 1. The topological polar surface area (TPSA) is 58.6 Å². The van der Waals surface area contributed by atoms with Crippen LogP contribution in [0, 0.1) is 5.41 Å². The molecule has 1 N–H and O–H groups in total. The zero-order chi connectivity index (χ0) is 23.0. The molecule has 0 saturated carbocycles. The minimum atomic E-state index is -1.25. The highest BCUT2D eigenvalue weighted by molar-refractivity contribution is 6.35. The van der Waals surface area contributed by atoms with E-state index in [1.54, 1.807) is 24.3 Å². The summed E-state index contributed by atoms with van der Waals surface area (Å²) in [6, 6.07) is 20.1. The van der Waals surface area contributed by atoms with E-state index in [2.05, 4.69) is 5.32 Å². The zero-order valence-corrected chi connectivity index (χ0v) is 19.3. The van der Waals surface area contributed by atoms with Gasteiger partial charge in [0.1, 0.15) is 23.3 Å². The average Bonchev–Trinajstić information content (AvgIpc) is 3.25. The molecule has 7 heteroatoms. The number of hydrogen-bond acceptors (Lipinski definition) is 4. The molecule has 3 aromatic carbocycles. The molecule has 3 aliphatic heterocycles. The minimum absolute atomic E-state index is 0.0541. The fraction of sp³-hybridized carbons (Fsp3) is 0.231. The van der Waals surface area contributed by atoms with Gasteiger partial charge in [-0.25, -0.2) is 0 Å². The van der Waals surface area contributed by atoms with Gasteiger partial charge in [0.05, 0.1) is 5.56 Å². The van der Waals surface area contributed by atoms with Crippen molar-refractivity contribution in [2.45, 2.75) is 11.5 Å². The van der Waals surface area contributed by atoms with E-state index in [1.165, 1.54) is 0 Å². The van der Waals surface area contributed by atoms with Crippen LogP contribution in [0.1, 0.15) is 27.4 Å². The number of ether oxygens (including phenoxy) is 1. The number of ketones is 1. The molecule has 33 heavy (non-hydrogen) atoms. The third kappa shape index (κ3) is 2.47. The summed E-state index contributed by atoms with van der Waals surface area (Å²) in [5, 5.41) is 4.01. The Morgan fingerprint density at radius 3 is 2.61 bits per heavy atom. The van der Waals surface area contributed by atoms with E-state index in [0.717, 1.165) is 11.1 Å². The normalized spacial score (nSPS) is 28.0. The quantitative estimate of drug-likeness (QED) is 0.526. The van der Waals surface area contributed by atoms with Gasteiger partial charge in [0.15, 0.2) is 5.78 Å². The predicted octanol–water partition coefficient (Wildman–Crippen LogP) is 5.13. The highest BCUT2D eigenvalue weighted by atomic mass is 35.5. The molecule has 0 unspecified atom stereocenters. The maximum Gasteiger partial charge on any atom is 0.250 e. The Kier molecular flexibility index (Phi) is 4.44. The van der Waals surface area contributed by atoms with Crippen molar-refractivity contribution in [3.05, 3.63) is 93.5 Å². The van der Waals surface area contributed by atoms with Crippen LogP contribution in [0.2, 0.25) is 10.0 Å². The van der Waals surface area contributed by atoms with E-state index in [-0.39, 0.29) is 18.3 Å². The first kappa shape index (κ1) is 20.7. The van der Waals surface area contributed by atoms with Crippen molar-refractivity contribution in [1.82, 2.24) is 4.90 Å². The average molecular weight is 479 g/mol. The summed E-state index contributed by atoms with van der Waals surface area (Å²) >= 11 is 12.9. The maximum atomic E-state index is 14.5. The number of benzene rings is 3. The first-order valence-electron chi connectivity index (χ1n) is 10.7. The number of para-hydroxylation sites is 2. The second-order valence-corrected chi connectivity index (χ2v) is 9.74. The monoisotopic (exact) mass is 478 g/mol. The highest BCUT2D eigenvalue weighted by Crippen LogP contribution is 2.65. The number of halogens is 2. The molecule has 166 valence electrons. The summed E-state index contributed by atoms with van der Waals surface area (Å²) in [6.45, 7) is 0.499. The van der Waals surface area contributed by atoms with Gasteiger partial charge in [0.25, 0.3) is 5.91 Å². The van der Waals surface area contributed by atoms with E-state index in [1.807, 2.05) is 54.4 Å². The molecule has 2 spiro atoms. The number of carbonyl (C=O) groups is 2. The molecule has 3 aliphatic rings. The third-order valence-electron chi connectivity index (χ3n) is 7.49. The number of nitrogens with zero attached hydrogens (tertiary/aromatic N) is 1. The summed E-state index contributed by atoms with van der Waals surface area (Å²) in [4.78, 5) is 30.4. The van der Waals surface area contributed by atoms with Gasteiger partial charge in [-0.2, -0.15) is 0 Å². The number of rotatable bonds is 1. The minimum Gasteiger partial charge on any atom is -0.492 e. The number of nitrogens with one attached hydrogen (secondary N) is 1. The second-order valence-electron chi connectivity index (χ2n) is 8.89. The van der Waals surface area contributed by atoms with E-state index in [9.17, 15) is 9.59 Å². The van der Waals surface area contributed by atoms with Gasteiger partial charge in [-0.15, -0.1) is 0 Å². The molecule has 0 aliphatic carbocycles. The predicted molar refractivity (Wildman–Crippen MR) is 127 cm³/mol. The van der Waals surface area contributed by atoms with Crippen LogP contribution in [-0.4, -0.2) is 36.8 Å². The maximum absolute atomic E-state index is 14.5. The Hall–Kier alpha value is -2.86. The van der Waals surface area contributed by atoms with Crippen LogP contribution in [0.3, 0.4) is 0 Å². The van der Waals surface area contributed by atoms with Crippen LogP contribution in [0.4, 0.5) is 5.69 Å². The smallest absolute Gasteiger partial charge is 0.250 e. The van der Waals surface area contributed by atoms with Crippen molar-refractivity contribution < 1.29 is 14.3 Å². The Morgan fingerprint density at radius 2 is 1.79 bits per heavy atom. The summed E-state index contributed by atoms with van der Waals surface area (Å²) < 4.78 is 6.25. The largest absolute Gasteiger partial charge is 0.492 e. The Balaban J connectivity index is 1.68. The van der Waals surface area contributed by atoms with E-state index in [0.29, 0.717) is 33.6 Å². The highest BCUT2D eigenvalue weighted by Gasteiger charge is 2.75. The fourth-order valence-corrected chi connectivity index (χ4v) is 6.72. The molecule has 1 saturated heterocycles. The van der Waals surface area contributed by atoms with Crippen LogP contribution in [0.15, 0.2) is 66.7 Å². The van der Waals surface area contributed by atoms with Crippen molar-refractivity contribution in [3.63, 3.8) is 0 Å². The van der Waals surface area contributed by atoms with Crippen molar-refractivity contribution in [3.8, 4) is 5.75 Å². The first-order chi connectivity index (χ1) is 15.9. The number of anilines is 1. The summed E-state index contributed by atoms with van der Waals surface area (Å²) in [6.07, 6.45) is 0. The van der Waals surface area contributed by atoms with Crippen molar-refractivity contribution in [2.24, 2.45) is 5.41 Å². The number of fused-ring (bicyclic) bond motifs is 4. The van der Waals surface area contributed by atoms with Gasteiger partial charge >= 0.3 is 0 Å². The lowest BCUT2D eigenvalue weighted by molar-refractivity contribution is -0.131. The van der Waals surface area contributed by atoms with Crippen LogP contribution in [-0.2, 0) is 10.3 Å². The van der Waals surface area contributed by atoms with Crippen molar-refractivity contribution in [1.29, 1.82) is 0 Å². The van der Waals surface area contributed by atoms with Gasteiger partial charge in [0, 0.05) is 33.8 Å². The Morgan fingerprint density at radius 1 is 1.03 bits per heavy atom. The van der Waals surface area contributed by atoms with Gasteiger partial charge in [-0.05, 0) is 42.9 Å². The second kappa shape index (κ2) is 7.07. The van der Waals surface area contributed by atoms with Crippen LogP contribution < -0.4 is 10.1 Å². The number of likely N-dealkylation sites (tertiary alicyclic amines) is 1. The fourth-order valence-electron chi connectivity index (χ4n) is 6.18. The molecule has 6 rings (SSSR count). The van der Waals surface area contributed by atoms with Gasteiger partial charge < -0.3 is 10.1 Å². The molecule has 1 fully saturated rings. The molecule has 3 aromatic rings. The molecule has 5 nitrogen and oxygen atoms in total. The van der Waals surface area contributed by atoms with Crippen molar-refractivity contribution >= 4 is 40.6 Å². The van der Waals surface area contributed by atoms with E-state index >= 15 is 0 Å². The Labute approximate surface area is 201 Å². The van der Waals surface area contributed by atoms with Crippen LogP contribution in [0.25, 0.3) is 0 Å². The molecular formula is C26H20Cl2N2O3. The number of hydrogen-bond donors (Lipinski definition) is 1. The number of carbonyl (C=O) groups excluding carboxylic acids is 2. The van der Waals surface area contributed by atoms with Gasteiger partial charge in [-0.1, -0.05) is 59.6 Å². The van der Waals surface area contributed by atoms with E-state index < -0.39 is 16.9 Å². The molecule has 3 atom stereocenters. The molecule has 0 aromatic heterocycles. The number of likely N-dealkylation sites (N-methyl/N-ethyl adjacent to an activating group) is 1. The van der Waals surface area contributed by atoms with Gasteiger partial charge in [0.2, 0.25) is 0 Å². The SMILES string of the molecule is CN1C[C@H](c2ccc(Cl)cc2Cl)[C@@]2(COc3ccccc3C2=O)[C@@]12C(=O)Nc1ccccc12. The lowest BCUT2D eigenvalue weighted by Gasteiger charge is -2.47. The third-order valence-corrected chi connectivity index (χ3v) is 8.06. The van der Waals surface area contributed by atoms with E-state index in [4.69, 9.17) is 27.9 Å². The summed E-state index contributed by atoms with van der Waals surface area (Å²) in [7, 11) is 1.89. The summed E-state index contributed by atoms with van der Waals surface area (Å²) in [5.41, 5.74) is 0.264. The molecule has 0 radical (unpaired) electrons.